The van der Waals surface area contributed by atoms with E-state index in [1.807, 2.05) is 88.4 Å². The second-order valence-electron chi connectivity index (χ2n) is 23.1. The number of hydrogen-bond donors (Lipinski definition) is 1. The van der Waals surface area contributed by atoms with Crippen molar-refractivity contribution in [2.24, 2.45) is 29.6 Å². The number of amides is 5. The van der Waals surface area contributed by atoms with Gasteiger partial charge in [-0.2, -0.15) is 0 Å². The molecule has 0 spiro atoms. The number of hydrogen-bond acceptors (Lipinski definition) is 6. The van der Waals surface area contributed by atoms with E-state index in [0.29, 0.717) is 41.2 Å². The largest absolute Gasteiger partial charge is 0.344 e. The summed E-state index contributed by atoms with van der Waals surface area (Å²) in [6.07, 6.45) is 8.89. The van der Waals surface area contributed by atoms with Crippen molar-refractivity contribution in [1.29, 1.82) is 0 Å². The topological polar surface area (TPSA) is 127 Å². The highest BCUT2D eigenvalue weighted by Crippen LogP contribution is 2.37. The number of Topliss-reactive ketones (excluding diaryl/α,β-unsaturated/α-hetero) is 1. The molecule has 1 N–H and O–H groups in total. The van der Waals surface area contributed by atoms with E-state index >= 15 is 8.78 Å². The first-order valence-electron chi connectivity index (χ1n) is 29.1. The van der Waals surface area contributed by atoms with Crippen LogP contribution in [-0.4, -0.2) is 125 Å². The summed E-state index contributed by atoms with van der Waals surface area (Å²) in [6.45, 7) is 8.46. The van der Waals surface area contributed by atoms with E-state index in [4.69, 9.17) is 0 Å². The molecule has 5 amide bonds. The number of likely N-dealkylation sites (tertiary alicyclic amines) is 2. The van der Waals surface area contributed by atoms with Gasteiger partial charge in [-0.3, -0.25) is 28.8 Å². The van der Waals surface area contributed by atoms with E-state index in [0.717, 1.165) is 75.3 Å². The van der Waals surface area contributed by atoms with E-state index in [9.17, 15) is 28.8 Å². The van der Waals surface area contributed by atoms with E-state index in [1.165, 1.54) is 0 Å². The lowest BCUT2D eigenvalue weighted by molar-refractivity contribution is -0.142. The van der Waals surface area contributed by atoms with Crippen molar-refractivity contribution >= 4 is 46.1 Å². The number of benzene rings is 4. The van der Waals surface area contributed by atoms with E-state index in [1.54, 1.807) is 56.0 Å². The minimum Gasteiger partial charge on any atom is -0.344 e. The van der Waals surface area contributed by atoms with Crippen LogP contribution >= 0.6 is 0 Å². The van der Waals surface area contributed by atoms with Gasteiger partial charge in [0.2, 0.25) is 17.7 Å². The predicted octanol–water partition coefficient (Wildman–Crippen LogP) is 11.0. The molecule has 0 bridgehead atoms. The van der Waals surface area contributed by atoms with Crippen LogP contribution in [0.15, 0.2) is 97.1 Å². The van der Waals surface area contributed by atoms with Crippen LogP contribution in [0.4, 0.5) is 8.78 Å². The molecule has 7 atom stereocenters. The van der Waals surface area contributed by atoms with Gasteiger partial charge in [0.25, 0.3) is 11.8 Å². The molecule has 2 heterocycles. The second kappa shape index (κ2) is 27.1. The Kier molecular flexibility index (Phi) is 20.1. The number of halogens is 2. The summed E-state index contributed by atoms with van der Waals surface area (Å²) in [6, 6.07) is 27.7. The molecule has 4 fully saturated rings. The van der Waals surface area contributed by atoms with Crippen LogP contribution in [0.5, 0.6) is 0 Å². The molecule has 4 aromatic rings. The highest BCUT2D eigenvalue weighted by molar-refractivity contribution is 6.02. The van der Waals surface area contributed by atoms with E-state index in [-0.39, 0.29) is 118 Å². The molecular formula is C64H83F2N5O6. The number of nitrogens with one attached hydrogen (secondary N) is 1. The summed E-state index contributed by atoms with van der Waals surface area (Å²) in [7, 11) is 0. The quantitative estimate of drug-likeness (QED) is 0.0835. The Morgan fingerprint density at radius 3 is 1.49 bits per heavy atom. The van der Waals surface area contributed by atoms with Gasteiger partial charge >= 0.3 is 0 Å². The lowest BCUT2D eigenvalue weighted by Gasteiger charge is -2.37. The fraction of sp³-hybridized carbons (Fsp3) is 0.562. The molecule has 4 aromatic carbocycles. The summed E-state index contributed by atoms with van der Waals surface area (Å²) >= 11 is 0. The maximum absolute atomic E-state index is 16.3. The number of rotatable bonds is 22. The van der Waals surface area contributed by atoms with Gasteiger partial charge < -0.3 is 24.9 Å². The molecule has 11 nitrogen and oxygen atoms in total. The highest BCUT2D eigenvalue weighted by atomic mass is 19.1. The van der Waals surface area contributed by atoms with E-state index < -0.39 is 36.4 Å². The zero-order chi connectivity index (χ0) is 54.6. The third-order valence-electron chi connectivity index (χ3n) is 17.6. The number of ketones is 1. The van der Waals surface area contributed by atoms with Crippen LogP contribution in [0, 0.1) is 29.6 Å². The van der Waals surface area contributed by atoms with Crippen molar-refractivity contribution in [3.8, 4) is 0 Å². The van der Waals surface area contributed by atoms with Crippen molar-refractivity contribution in [2.75, 3.05) is 39.3 Å². The summed E-state index contributed by atoms with van der Waals surface area (Å²) in [5.41, 5.74) is 2.79. The minimum absolute atomic E-state index is 0.00390. The van der Waals surface area contributed by atoms with Gasteiger partial charge in [-0.15, -0.1) is 0 Å². The molecule has 0 radical (unpaired) electrons. The fourth-order valence-electron chi connectivity index (χ4n) is 12.5. The Balaban J connectivity index is 1.03. The number of alkyl halides is 2. The maximum Gasteiger partial charge on any atom is 0.253 e. The molecule has 2 aliphatic carbocycles. The normalized spacial score (nSPS) is 21.4. The van der Waals surface area contributed by atoms with Crippen LogP contribution in [0.2, 0.25) is 0 Å². The zero-order valence-electron chi connectivity index (χ0n) is 46.1. The standard InChI is InChI=1S/C64H83F2N5O6/c1-5-44(4)60(73)67-59(48-24-16-9-17-25-48)64(77)71-37-33-55(66)57(71)42-69(35-31-46-20-12-7-13-21-46)62(75)52-29-27-49-38-51(28-26-50(49)39-52)61(74)68(34-30-45-18-10-6-11-19-45)41-56-54(65)32-36-70(56)63(76)53(40-58(72)43(2)3)47-22-14-8-15-23-47/h6-7,10-13,18-21,26-29,38-39,43-44,47-48,53-57,59H,5,8-9,14-17,22-25,30-37,40-42H2,1-4H3,(H,67,73)/t44-,53+,54+,55+,56-,57-,59+/m1/s1. The highest BCUT2D eigenvalue weighted by Gasteiger charge is 2.46. The molecule has 2 saturated carbocycles. The number of fused-ring (bicyclic) bond motifs is 1. The molecular weight excluding hydrogens is 973 g/mol. The van der Waals surface area contributed by atoms with Gasteiger partial charge in [0.05, 0.1) is 12.1 Å². The maximum atomic E-state index is 16.3. The van der Waals surface area contributed by atoms with Crippen LogP contribution in [0.25, 0.3) is 10.8 Å². The lowest BCUT2D eigenvalue weighted by Crippen LogP contribution is -2.57. The smallest absolute Gasteiger partial charge is 0.253 e. The molecule has 77 heavy (non-hydrogen) atoms. The average molecular weight is 1060 g/mol. The van der Waals surface area contributed by atoms with Gasteiger partial charge in [-0.1, -0.05) is 139 Å². The van der Waals surface area contributed by atoms with Gasteiger partial charge in [0.15, 0.2) is 0 Å². The van der Waals surface area contributed by atoms with Crippen molar-refractivity contribution in [3.63, 3.8) is 0 Å². The SMILES string of the molecule is CC[C@@H](C)C(=O)N[C@H](C(=O)N1CC[C@H](F)[C@H]1CN(CCc1ccccc1)C(=O)c1ccc2cc(C(=O)N(CCc3ccccc3)C[C@@H]3[C@@H](F)CCN3C(=O)[C@@H](CC(=O)C(C)C)C3CCCCC3)ccc2c1)C1CCCCC1. The minimum atomic E-state index is -1.37. The number of nitrogens with zero attached hydrogens (tertiary/aromatic N) is 4. The van der Waals surface area contributed by atoms with Crippen LogP contribution in [0.3, 0.4) is 0 Å². The zero-order valence-corrected chi connectivity index (χ0v) is 46.1. The Hall–Kier alpha value is -5.98. The first-order chi connectivity index (χ1) is 37.2. The predicted molar refractivity (Wildman–Crippen MR) is 299 cm³/mol. The van der Waals surface area contributed by atoms with E-state index in [2.05, 4.69) is 5.32 Å². The summed E-state index contributed by atoms with van der Waals surface area (Å²) in [4.78, 5) is 92.1. The lowest BCUT2D eigenvalue weighted by atomic mass is 9.76. The van der Waals surface area contributed by atoms with Crippen molar-refractivity contribution in [1.82, 2.24) is 24.9 Å². The van der Waals surface area contributed by atoms with Crippen molar-refractivity contribution in [2.45, 2.75) is 161 Å². The molecule has 2 saturated heterocycles. The Bertz CT molecular complexity index is 2640. The third-order valence-corrected chi connectivity index (χ3v) is 17.6. The van der Waals surface area contributed by atoms with Crippen LogP contribution < -0.4 is 5.32 Å². The first-order valence-corrected chi connectivity index (χ1v) is 29.1. The Morgan fingerprint density at radius 1 is 0.584 bits per heavy atom. The van der Waals surface area contributed by atoms with Gasteiger partial charge in [-0.05, 0) is 116 Å². The summed E-state index contributed by atoms with van der Waals surface area (Å²) < 4.78 is 32.6. The second-order valence-corrected chi connectivity index (χ2v) is 23.1. The number of carbonyl (C=O) groups is 6. The summed E-state index contributed by atoms with van der Waals surface area (Å²) in [5, 5.41) is 4.51. The van der Waals surface area contributed by atoms with Crippen LogP contribution in [-0.2, 0) is 32.0 Å². The first kappa shape index (κ1) is 57.2. The average Bonchev–Trinajstić information content (AvgIpc) is 4.03. The number of carbonyl (C=O) groups excluding carboxylic acids is 6. The molecule has 414 valence electrons. The van der Waals surface area contributed by atoms with Crippen LogP contribution in [0.1, 0.15) is 149 Å². The summed E-state index contributed by atoms with van der Waals surface area (Å²) in [5.74, 6) is -2.18. The molecule has 4 aliphatic rings. The third kappa shape index (κ3) is 14.4. The molecule has 8 rings (SSSR count). The molecule has 2 aliphatic heterocycles. The monoisotopic (exact) mass is 1060 g/mol. The van der Waals surface area contributed by atoms with Crippen molar-refractivity contribution in [3.05, 3.63) is 119 Å². The van der Waals surface area contributed by atoms with Crippen molar-refractivity contribution < 1.29 is 37.5 Å². The fourth-order valence-corrected chi connectivity index (χ4v) is 12.5. The Morgan fingerprint density at radius 2 is 1.04 bits per heavy atom. The van der Waals surface area contributed by atoms with Gasteiger partial charge in [0.1, 0.15) is 24.2 Å². The Labute approximate surface area is 455 Å². The molecule has 0 unspecified atom stereocenters. The molecule has 0 aromatic heterocycles. The van der Waals surface area contributed by atoms with Gasteiger partial charge in [-0.25, -0.2) is 8.78 Å². The van der Waals surface area contributed by atoms with Gasteiger partial charge in [0, 0.05) is 74.6 Å². The molecule has 13 heteroatoms.